The zero-order chi connectivity index (χ0) is 17.4. The zero-order valence-electron chi connectivity index (χ0n) is 14.1. The fourth-order valence-corrected chi connectivity index (χ4v) is 3.18. The quantitative estimate of drug-likeness (QED) is 0.785. The van der Waals surface area contributed by atoms with Crippen LogP contribution >= 0.6 is 15.9 Å². The third kappa shape index (κ3) is 3.73. The summed E-state index contributed by atoms with van der Waals surface area (Å²) in [7, 11) is 0.963. The van der Waals surface area contributed by atoms with Crippen molar-refractivity contribution in [2.24, 2.45) is 0 Å². The molecule has 126 valence electrons. The van der Waals surface area contributed by atoms with Gasteiger partial charge in [0.05, 0.1) is 24.7 Å². The van der Waals surface area contributed by atoms with E-state index >= 15 is 0 Å². The minimum atomic E-state index is -0.896. The van der Waals surface area contributed by atoms with Crippen LogP contribution in [0.5, 0.6) is 5.75 Å². The van der Waals surface area contributed by atoms with Crippen molar-refractivity contribution in [3.05, 3.63) is 28.2 Å². The summed E-state index contributed by atoms with van der Waals surface area (Å²) in [5, 5.41) is 9.31. The molecule has 0 aliphatic carbocycles. The lowest BCUT2D eigenvalue weighted by molar-refractivity contribution is -0.137. The van der Waals surface area contributed by atoms with E-state index in [-0.39, 0.29) is 6.42 Å². The summed E-state index contributed by atoms with van der Waals surface area (Å²) < 4.78 is 18.1. The lowest BCUT2D eigenvalue weighted by Gasteiger charge is -2.32. The topological polar surface area (TPSA) is 65.0 Å². The fourth-order valence-electron chi connectivity index (χ4n) is 2.53. The molecule has 1 N–H and O–H groups in total. The summed E-state index contributed by atoms with van der Waals surface area (Å²) >= 11 is 3.50. The van der Waals surface area contributed by atoms with Crippen LogP contribution in [0, 0.1) is 0 Å². The van der Waals surface area contributed by atoms with Crippen molar-refractivity contribution in [2.45, 2.75) is 51.1 Å². The Balaban J connectivity index is 2.37. The van der Waals surface area contributed by atoms with Gasteiger partial charge >= 0.3 is 13.1 Å². The molecule has 0 bridgehead atoms. The van der Waals surface area contributed by atoms with E-state index in [0.717, 1.165) is 10.0 Å². The van der Waals surface area contributed by atoms with Gasteiger partial charge in [-0.1, -0.05) is 22.0 Å². The van der Waals surface area contributed by atoms with E-state index in [4.69, 9.17) is 14.0 Å². The van der Waals surface area contributed by atoms with Crippen molar-refractivity contribution in [2.75, 3.05) is 7.11 Å². The Labute approximate surface area is 145 Å². The molecule has 1 aliphatic rings. The number of rotatable bonds is 5. The lowest BCUT2D eigenvalue weighted by Crippen LogP contribution is -2.41. The van der Waals surface area contributed by atoms with Crippen LogP contribution in [-0.4, -0.2) is 36.5 Å². The molecule has 1 atom stereocenters. The van der Waals surface area contributed by atoms with E-state index < -0.39 is 30.1 Å². The number of benzene rings is 1. The van der Waals surface area contributed by atoms with Crippen molar-refractivity contribution in [1.82, 2.24) is 0 Å². The van der Waals surface area contributed by atoms with E-state index in [0.29, 0.717) is 5.75 Å². The molecule has 1 aromatic carbocycles. The van der Waals surface area contributed by atoms with E-state index in [1.54, 1.807) is 13.2 Å². The monoisotopic (exact) mass is 384 g/mol. The Kier molecular flexibility index (Phi) is 5.13. The fraction of sp³-hybridized carbons (Fsp3) is 0.562. The number of halogens is 1. The lowest BCUT2D eigenvalue weighted by atomic mass is 9.66. The molecule has 0 amide bonds. The maximum atomic E-state index is 11.3. The van der Waals surface area contributed by atoms with Crippen molar-refractivity contribution < 1.29 is 23.9 Å². The van der Waals surface area contributed by atoms with Gasteiger partial charge in [0.25, 0.3) is 0 Å². The van der Waals surface area contributed by atoms with Gasteiger partial charge in [-0.2, -0.15) is 0 Å². The van der Waals surface area contributed by atoms with Gasteiger partial charge in [-0.15, -0.1) is 0 Å². The summed E-state index contributed by atoms with van der Waals surface area (Å²) in [5.74, 6) is -0.620. The molecule has 23 heavy (non-hydrogen) atoms. The largest absolute Gasteiger partial charge is 0.497 e. The molecule has 0 spiro atoms. The van der Waals surface area contributed by atoms with Crippen LogP contribution in [0.2, 0.25) is 0 Å². The van der Waals surface area contributed by atoms with Gasteiger partial charge in [0.1, 0.15) is 5.75 Å². The van der Waals surface area contributed by atoms with Gasteiger partial charge in [-0.05, 0) is 45.4 Å². The molecular weight excluding hydrogens is 363 g/mol. The maximum Gasteiger partial charge on any atom is 0.466 e. The first-order valence-corrected chi connectivity index (χ1v) is 8.27. The van der Waals surface area contributed by atoms with Gasteiger partial charge in [0, 0.05) is 10.3 Å². The van der Waals surface area contributed by atoms with Crippen LogP contribution in [0.25, 0.3) is 0 Å². The minimum Gasteiger partial charge on any atom is -0.497 e. The van der Waals surface area contributed by atoms with E-state index in [1.807, 2.05) is 39.8 Å². The number of carboxylic acid groups (broad SMARTS) is 1. The highest BCUT2D eigenvalue weighted by Crippen LogP contribution is 2.43. The summed E-state index contributed by atoms with van der Waals surface area (Å²) in [6.07, 6.45) is -0.0816. The number of hydrogen-bond donors (Lipinski definition) is 1. The molecule has 0 radical (unpaired) electrons. The van der Waals surface area contributed by atoms with E-state index in [1.165, 1.54) is 0 Å². The molecule has 2 rings (SSSR count). The Morgan fingerprint density at radius 3 is 2.30 bits per heavy atom. The molecular formula is C16H22BBrO5. The summed E-state index contributed by atoms with van der Waals surface area (Å²) in [5.41, 5.74) is -0.188. The van der Waals surface area contributed by atoms with Crippen molar-refractivity contribution in [3.8, 4) is 5.75 Å². The minimum absolute atomic E-state index is 0.0816. The van der Waals surface area contributed by atoms with Crippen LogP contribution in [-0.2, 0) is 14.1 Å². The highest BCUT2D eigenvalue weighted by Gasteiger charge is 2.54. The van der Waals surface area contributed by atoms with Gasteiger partial charge in [0.2, 0.25) is 0 Å². The number of methoxy groups -OCH3 is 1. The summed E-state index contributed by atoms with van der Waals surface area (Å²) in [6, 6.07) is 5.47. The van der Waals surface area contributed by atoms with E-state index in [2.05, 4.69) is 15.9 Å². The predicted octanol–water partition coefficient (Wildman–Crippen LogP) is 3.65. The number of carboxylic acids is 1. The molecule has 1 fully saturated rings. The van der Waals surface area contributed by atoms with E-state index in [9.17, 15) is 9.90 Å². The number of aliphatic carboxylic acids is 1. The third-order valence-corrected chi connectivity index (χ3v) is 5.29. The Morgan fingerprint density at radius 2 is 1.87 bits per heavy atom. The normalized spacial score (nSPS) is 20.3. The van der Waals surface area contributed by atoms with Gasteiger partial charge in [-0.25, -0.2) is 0 Å². The van der Waals surface area contributed by atoms with Crippen LogP contribution in [0.3, 0.4) is 0 Å². The molecule has 5 nitrogen and oxygen atoms in total. The Morgan fingerprint density at radius 1 is 1.30 bits per heavy atom. The number of hydrogen-bond acceptors (Lipinski definition) is 4. The molecule has 1 aliphatic heterocycles. The van der Waals surface area contributed by atoms with Crippen LogP contribution < -0.4 is 4.74 Å². The highest BCUT2D eigenvalue weighted by atomic mass is 79.9. The summed E-state index contributed by atoms with van der Waals surface area (Å²) in [6.45, 7) is 7.81. The molecule has 1 saturated heterocycles. The Hall–Kier alpha value is -1.05. The van der Waals surface area contributed by atoms with Crippen molar-refractivity contribution in [1.29, 1.82) is 0 Å². The van der Waals surface area contributed by atoms with Crippen LogP contribution in [0.15, 0.2) is 22.7 Å². The first-order valence-electron chi connectivity index (χ1n) is 7.48. The molecule has 1 aromatic rings. The van der Waals surface area contributed by atoms with Crippen LogP contribution in [0.4, 0.5) is 0 Å². The zero-order valence-corrected chi connectivity index (χ0v) is 15.6. The molecule has 0 aromatic heterocycles. The average Bonchev–Trinajstić information content (AvgIpc) is 2.64. The second kappa shape index (κ2) is 6.45. The average molecular weight is 385 g/mol. The smallest absolute Gasteiger partial charge is 0.466 e. The number of ether oxygens (including phenoxy) is 1. The molecule has 1 heterocycles. The molecule has 7 heteroatoms. The first-order chi connectivity index (χ1) is 10.6. The van der Waals surface area contributed by atoms with Gasteiger partial charge < -0.3 is 19.2 Å². The van der Waals surface area contributed by atoms with Gasteiger partial charge in [-0.3, -0.25) is 4.79 Å². The van der Waals surface area contributed by atoms with Crippen LogP contribution in [0.1, 0.15) is 45.5 Å². The maximum absolute atomic E-state index is 11.3. The van der Waals surface area contributed by atoms with Crippen molar-refractivity contribution >= 4 is 29.0 Å². The SMILES string of the molecule is COc1ccc(C(CC(=O)O)B2OC(C)(C)C(C)(C)O2)c(Br)c1. The highest BCUT2D eigenvalue weighted by molar-refractivity contribution is 9.10. The number of carbonyl (C=O) groups is 1. The third-order valence-electron chi connectivity index (χ3n) is 4.60. The predicted molar refractivity (Wildman–Crippen MR) is 91.8 cm³/mol. The van der Waals surface area contributed by atoms with Gasteiger partial charge in [0.15, 0.2) is 0 Å². The first kappa shape index (κ1) is 18.3. The molecule has 1 unspecified atom stereocenters. The summed E-state index contributed by atoms with van der Waals surface area (Å²) in [4.78, 5) is 11.3. The van der Waals surface area contributed by atoms with Crippen molar-refractivity contribution in [3.63, 3.8) is 0 Å². The second-order valence-corrected chi connectivity index (χ2v) is 7.57. The standard InChI is InChI=1S/C16H22BBrO5/c1-15(2)16(3,4)23-17(22-15)12(9-14(19)20)11-7-6-10(21-5)8-13(11)18/h6-8,12H,9H2,1-5H3,(H,19,20). The Bertz CT molecular complexity index is 586. The second-order valence-electron chi connectivity index (χ2n) is 6.72. The molecule has 0 saturated carbocycles.